The number of hydrogen-bond acceptors (Lipinski definition) is 10. The van der Waals surface area contributed by atoms with Gasteiger partial charge in [-0.25, -0.2) is 4.57 Å². The molecule has 8 N–H and O–H groups in total. The molecule has 6 unspecified atom stereocenters. The van der Waals surface area contributed by atoms with Crippen LogP contribution < -0.4 is 5.32 Å². The van der Waals surface area contributed by atoms with Crippen molar-refractivity contribution in [1.82, 2.24) is 5.32 Å². The van der Waals surface area contributed by atoms with Crippen LogP contribution in [0.4, 0.5) is 0 Å². The van der Waals surface area contributed by atoms with E-state index >= 15 is 0 Å². The molecule has 1 rings (SSSR count). The SMILES string of the molecule is CCCCCCCCCCCCCCCCCCCCCCCCCCCCCCCCCCCC(=O)N[C@@H](COP(=O)(O)OC1C(O)C(O)C(O)[C@@H](O)C1O)[C@H](O)CCCCCCCCCCCCCCCC. The lowest BCUT2D eigenvalue weighted by Gasteiger charge is -2.41. The number of phosphoric ester groups is 1. The zero-order chi connectivity index (χ0) is 54.2. The molecular formula is C61H122NO11P. The minimum Gasteiger partial charge on any atom is -0.391 e. The molecule has 1 saturated carbocycles. The highest BCUT2D eigenvalue weighted by molar-refractivity contribution is 7.47. The third-order valence-corrected chi connectivity index (χ3v) is 16.9. The summed E-state index contributed by atoms with van der Waals surface area (Å²) >= 11 is 0. The van der Waals surface area contributed by atoms with Crippen LogP contribution in [0.15, 0.2) is 0 Å². The highest BCUT2D eigenvalue weighted by atomic mass is 31.2. The molecule has 0 aliphatic heterocycles. The molecule has 1 aliphatic carbocycles. The van der Waals surface area contributed by atoms with E-state index in [9.17, 15) is 44.9 Å². The third kappa shape index (κ3) is 40.5. The number of aliphatic hydroxyl groups excluding tert-OH is 6. The van der Waals surface area contributed by atoms with Gasteiger partial charge in [0.2, 0.25) is 5.91 Å². The molecule has 0 aromatic carbocycles. The quantitative estimate of drug-likeness (QED) is 0.0212. The number of carbonyl (C=O) groups excluding carboxylic acids is 1. The van der Waals surface area contributed by atoms with E-state index in [1.54, 1.807) is 0 Å². The van der Waals surface area contributed by atoms with Crippen LogP contribution in [0.25, 0.3) is 0 Å². The Morgan fingerprint density at radius 3 is 0.932 bits per heavy atom. The fraction of sp³-hybridized carbons (Fsp3) is 0.984. The van der Waals surface area contributed by atoms with Gasteiger partial charge < -0.3 is 40.8 Å². The van der Waals surface area contributed by atoms with Crippen molar-refractivity contribution in [3.63, 3.8) is 0 Å². The molecular weight excluding hydrogens is 954 g/mol. The zero-order valence-electron chi connectivity index (χ0n) is 48.2. The van der Waals surface area contributed by atoms with Crippen LogP contribution in [-0.2, 0) is 18.4 Å². The van der Waals surface area contributed by atoms with Gasteiger partial charge in [-0.05, 0) is 12.8 Å². The van der Waals surface area contributed by atoms with Crippen LogP contribution in [0.5, 0.6) is 0 Å². The van der Waals surface area contributed by atoms with Crippen molar-refractivity contribution in [2.75, 3.05) is 6.61 Å². The Balaban J connectivity index is 2.16. The fourth-order valence-corrected chi connectivity index (χ4v) is 11.8. The average Bonchev–Trinajstić information content (AvgIpc) is 3.39. The molecule has 0 spiro atoms. The second kappa shape index (κ2) is 50.6. The van der Waals surface area contributed by atoms with Crippen molar-refractivity contribution < 1.29 is 53.9 Å². The van der Waals surface area contributed by atoms with Crippen LogP contribution in [0.1, 0.15) is 328 Å². The molecule has 0 radical (unpaired) electrons. The van der Waals surface area contributed by atoms with Crippen molar-refractivity contribution in [2.24, 2.45) is 0 Å². The van der Waals surface area contributed by atoms with Gasteiger partial charge in [0.25, 0.3) is 0 Å². The van der Waals surface area contributed by atoms with Crippen LogP contribution in [0.2, 0.25) is 0 Å². The second-order valence-corrected chi connectivity index (χ2v) is 24.4. The predicted molar refractivity (Wildman–Crippen MR) is 306 cm³/mol. The Morgan fingerprint density at radius 1 is 0.405 bits per heavy atom. The number of phosphoric acid groups is 1. The smallest absolute Gasteiger partial charge is 0.391 e. The lowest BCUT2D eigenvalue weighted by Crippen LogP contribution is -2.64. The van der Waals surface area contributed by atoms with Gasteiger partial charge >= 0.3 is 7.82 Å². The van der Waals surface area contributed by atoms with Crippen molar-refractivity contribution >= 4 is 13.7 Å². The maximum atomic E-state index is 13.1. The zero-order valence-corrected chi connectivity index (χ0v) is 49.1. The van der Waals surface area contributed by atoms with E-state index in [1.807, 2.05) is 0 Å². The third-order valence-electron chi connectivity index (χ3n) is 15.9. The lowest BCUT2D eigenvalue weighted by atomic mass is 9.85. The molecule has 74 heavy (non-hydrogen) atoms. The van der Waals surface area contributed by atoms with Gasteiger partial charge in [-0.2, -0.15) is 0 Å². The first-order valence-corrected chi connectivity index (χ1v) is 33.5. The van der Waals surface area contributed by atoms with E-state index in [4.69, 9.17) is 9.05 Å². The minimum atomic E-state index is -5.06. The number of aliphatic hydroxyl groups is 6. The number of nitrogens with one attached hydrogen (secondary N) is 1. The molecule has 12 nitrogen and oxygen atoms in total. The van der Waals surface area contributed by atoms with Crippen LogP contribution in [0.3, 0.4) is 0 Å². The number of hydrogen-bond donors (Lipinski definition) is 8. The Labute approximate surface area is 455 Å². The molecule has 13 heteroatoms. The first-order valence-electron chi connectivity index (χ1n) is 32.0. The van der Waals surface area contributed by atoms with Crippen LogP contribution in [-0.4, -0.2) is 96.8 Å². The molecule has 0 aromatic rings. The van der Waals surface area contributed by atoms with Crippen LogP contribution >= 0.6 is 7.82 Å². The summed E-state index contributed by atoms with van der Waals surface area (Å²) in [6, 6.07) is -1.03. The first kappa shape index (κ1) is 71.4. The summed E-state index contributed by atoms with van der Waals surface area (Å²) in [6.45, 7) is 3.94. The van der Waals surface area contributed by atoms with Crippen molar-refractivity contribution in [2.45, 2.75) is 377 Å². The van der Waals surface area contributed by atoms with E-state index in [0.717, 1.165) is 38.5 Å². The van der Waals surface area contributed by atoms with Gasteiger partial charge in [0, 0.05) is 6.42 Å². The second-order valence-electron chi connectivity index (χ2n) is 23.0. The fourth-order valence-electron chi connectivity index (χ4n) is 10.8. The van der Waals surface area contributed by atoms with Crippen molar-refractivity contribution in [3.05, 3.63) is 0 Å². The number of carbonyl (C=O) groups is 1. The molecule has 1 fully saturated rings. The standard InChI is InChI=1S/C61H122NO11P/c1-3-5-7-9-11-13-15-17-19-20-21-22-23-24-25-26-27-28-29-30-31-32-33-34-35-36-37-39-41-43-45-47-49-51-55(64)62-53(52-72-74(70,71)73-61-59(68)57(66)56(65)58(67)60(61)69)54(63)50-48-46-44-42-40-38-18-16-14-12-10-8-6-4-2/h53-54,56-61,63,65-69H,3-52H2,1-2H3,(H,62,64)(H,70,71)/t53-,54+,56?,57+,58?,59?,60?,61?/m0/s1. The maximum absolute atomic E-state index is 13.1. The molecule has 442 valence electrons. The summed E-state index contributed by atoms with van der Waals surface area (Å²) in [4.78, 5) is 23.6. The molecule has 1 amide bonds. The molecule has 9 atom stereocenters. The van der Waals surface area contributed by atoms with Gasteiger partial charge in [0.1, 0.15) is 36.6 Å². The Kier molecular flexibility index (Phi) is 48.7. The van der Waals surface area contributed by atoms with Gasteiger partial charge in [-0.15, -0.1) is 0 Å². The first-order chi connectivity index (χ1) is 35.9. The van der Waals surface area contributed by atoms with Gasteiger partial charge in [-0.1, -0.05) is 309 Å². The van der Waals surface area contributed by atoms with Crippen molar-refractivity contribution in [3.8, 4) is 0 Å². The maximum Gasteiger partial charge on any atom is 0.472 e. The molecule has 0 bridgehead atoms. The summed E-state index contributed by atoms with van der Waals surface area (Å²) in [7, 11) is -5.06. The van der Waals surface area contributed by atoms with E-state index in [2.05, 4.69) is 19.2 Å². The topological polar surface area (TPSA) is 206 Å². The van der Waals surface area contributed by atoms with Crippen LogP contribution in [0, 0.1) is 0 Å². The molecule has 0 aromatic heterocycles. The minimum absolute atomic E-state index is 0.244. The Bertz CT molecular complexity index is 1250. The van der Waals surface area contributed by atoms with Crippen molar-refractivity contribution in [1.29, 1.82) is 0 Å². The molecule has 0 saturated heterocycles. The van der Waals surface area contributed by atoms with E-state index < -0.39 is 63.2 Å². The summed E-state index contributed by atoms with van der Waals surface area (Å²) in [5.41, 5.74) is 0. The highest BCUT2D eigenvalue weighted by Gasteiger charge is 2.51. The predicted octanol–water partition coefficient (Wildman–Crippen LogP) is 15.3. The Hall–Kier alpha value is -0.660. The summed E-state index contributed by atoms with van der Waals surface area (Å²) in [5, 5.41) is 64.5. The normalized spacial score (nSPS) is 20.7. The van der Waals surface area contributed by atoms with Gasteiger partial charge in [-0.3, -0.25) is 13.8 Å². The van der Waals surface area contributed by atoms with Gasteiger partial charge in [0.15, 0.2) is 0 Å². The summed E-state index contributed by atoms with van der Waals surface area (Å²) in [6.07, 6.45) is 48.9. The average molecular weight is 1080 g/mol. The Morgan fingerprint density at radius 2 is 0.649 bits per heavy atom. The molecule has 0 heterocycles. The number of unbranched alkanes of at least 4 members (excludes halogenated alkanes) is 45. The highest BCUT2D eigenvalue weighted by Crippen LogP contribution is 2.47. The van der Waals surface area contributed by atoms with Gasteiger partial charge in [0.05, 0.1) is 18.8 Å². The number of amides is 1. The monoisotopic (exact) mass is 1080 g/mol. The summed E-state index contributed by atoms with van der Waals surface area (Å²) in [5.74, 6) is -0.300. The largest absolute Gasteiger partial charge is 0.472 e. The van der Waals surface area contributed by atoms with E-state index in [1.165, 1.54) is 250 Å². The number of rotatable bonds is 56. The lowest BCUT2D eigenvalue weighted by molar-refractivity contribution is -0.220. The van der Waals surface area contributed by atoms with E-state index in [-0.39, 0.29) is 12.3 Å². The van der Waals surface area contributed by atoms with E-state index in [0.29, 0.717) is 19.3 Å². The molecule has 1 aliphatic rings. The summed E-state index contributed by atoms with van der Waals surface area (Å²) < 4.78 is 23.1.